The van der Waals surface area contributed by atoms with Gasteiger partial charge in [-0.1, -0.05) is 18.1 Å². The summed E-state index contributed by atoms with van der Waals surface area (Å²) in [5.41, 5.74) is 7.28. The topological polar surface area (TPSA) is 74.7 Å². The summed E-state index contributed by atoms with van der Waals surface area (Å²) >= 11 is 0. The van der Waals surface area contributed by atoms with Gasteiger partial charge in [0.1, 0.15) is 5.69 Å². The molecule has 5 nitrogen and oxygen atoms in total. The Morgan fingerprint density at radius 3 is 3.00 bits per heavy atom. The first-order chi connectivity index (χ1) is 9.24. The fourth-order valence-electron chi connectivity index (χ4n) is 2.30. The molecule has 0 bridgehead atoms. The van der Waals surface area contributed by atoms with Crippen LogP contribution in [0.4, 0.5) is 0 Å². The van der Waals surface area contributed by atoms with Gasteiger partial charge in [-0.05, 0) is 43.4 Å². The maximum atomic E-state index is 8.81. The highest BCUT2D eigenvalue weighted by molar-refractivity contribution is 5.96. The highest BCUT2D eigenvalue weighted by atomic mass is 16.4. The van der Waals surface area contributed by atoms with E-state index >= 15 is 0 Å². The highest BCUT2D eigenvalue weighted by Gasteiger charge is 2.24. The third kappa shape index (κ3) is 3.92. The van der Waals surface area contributed by atoms with Crippen molar-refractivity contribution in [2.24, 2.45) is 16.8 Å². The number of rotatable bonds is 7. The lowest BCUT2D eigenvalue weighted by atomic mass is 10.1. The molecule has 0 spiro atoms. The van der Waals surface area contributed by atoms with Crippen LogP contribution in [0.3, 0.4) is 0 Å². The Morgan fingerprint density at radius 1 is 1.58 bits per heavy atom. The molecular weight excluding hydrogens is 240 g/mol. The summed E-state index contributed by atoms with van der Waals surface area (Å²) in [6.07, 6.45) is 5.49. The van der Waals surface area contributed by atoms with E-state index in [-0.39, 0.29) is 5.84 Å². The number of pyridine rings is 1. The fourth-order valence-corrected chi connectivity index (χ4v) is 2.30. The van der Waals surface area contributed by atoms with Gasteiger partial charge in [-0.15, -0.1) is 0 Å². The van der Waals surface area contributed by atoms with Crippen LogP contribution in [0.25, 0.3) is 0 Å². The van der Waals surface area contributed by atoms with Crippen LogP contribution >= 0.6 is 0 Å². The highest BCUT2D eigenvalue weighted by Crippen LogP contribution is 2.30. The van der Waals surface area contributed by atoms with Crippen molar-refractivity contribution < 1.29 is 5.21 Å². The lowest BCUT2D eigenvalue weighted by Gasteiger charge is -2.22. The van der Waals surface area contributed by atoms with Crippen molar-refractivity contribution in [1.29, 1.82) is 0 Å². The minimum absolute atomic E-state index is 0.0819. The van der Waals surface area contributed by atoms with Crippen LogP contribution in [0, 0.1) is 5.92 Å². The van der Waals surface area contributed by atoms with E-state index in [2.05, 4.69) is 22.0 Å². The van der Waals surface area contributed by atoms with Gasteiger partial charge in [0.25, 0.3) is 0 Å². The van der Waals surface area contributed by atoms with E-state index in [0.29, 0.717) is 5.69 Å². The van der Waals surface area contributed by atoms with Crippen LogP contribution in [0.15, 0.2) is 23.5 Å². The summed E-state index contributed by atoms with van der Waals surface area (Å²) in [6.45, 7) is 5.21. The number of hydrogen-bond acceptors (Lipinski definition) is 4. The molecule has 104 valence electrons. The van der Waals surface area contributed by atoms with Crippen molar-refractivity contribution in [3.63, 3.8) is 0 Å². The molecule has 1 saturated carbocycles. The number of hydrogen-bond donors (Lipinski definition) is 2. The van der Waals surface area contributed by atoms with Gasteiger partial charge < -0.3 is 10.9 Å². The van der Waals surface area contributed by atoms with E-state index in [4.69, 9.17) is 10.9 Å². The molecule has 1 aromatic rings. The molecule has 19 heavy (non-hydrogen) atoms. The summed E-state index contributed by atoms with van der Waals surface area (Å²) in [6, 6.07) is 3.89. The maximum absolute atomic E-state index is 8.81. The monoisotopic (exact) mass is 262 g/mol. The fraction of sp³-hybridized carbons (Fsp3) is 0.571. The third-order valence-electron chi connectivity index (χ3n) is 3.39. The largest absolute Gasteiger partial charge is 0.409 e. The SMILES string of the molecule is CCCN(Cc1cccnc1C(N)=NO)CC1CC1. The standard InChI is InChI=1S/C14H22N4O/c1-2-8-18(9-11-5-6-11)10-12-4-3-7-16-13(12)14(15)17-19/h3-4,7,11,19H,2,5-6,8-10H2,1H3,(H2,15,17). The summed E-state index contributed by atoms with van der Waals surface area (Å²) in [5, 5.41) is 11.9. The molecule has 0 radical (unpaired) electrons. The van der Waals surface area contributed by atoms with Crippen molar-refractivity contribution >= 4 is 5.84 Å². The molecule has 0 saturated heterocycles. The van der Waals surface area contributed by atoms with Crippen LogP contribution in [0.5, 0.6) is 0 Å². The Morgan fingerprint density at radius 2 is 2.37 bits per heavy atom. The van der Waals surface area contributed by atoms with Crippen LogP contribution in [-0.2, 0) is 6.54 Å². The number of nitrogens with zero attached hydrogens (tertiary/aromatic N) is 3. The molecule has 1 aromatic heterocycles. The van der Waals surface area contributed by atoms with Gasteiger partial charge in [0.05, 0.1) is 0 Å². The Hall–Kier alpha value is -1.62. The zero-order chi connectivity index (χ0) is 13.7. The molecule has 1 fully saturated rings. The number of nitrogens with two attached hydrogens (primary N) is 1. The van der Waals surface area contributed by atoms with Gasteiger partial charge in [-0.3, -0.25) is 9.88 Å². The maximum Gasteiger partial charge on any atom is 0.189 e. The molecule has 1 aliphatic rings. The lowest BCUT2D eigenvalue weighted by molar-refractivity contribution is 0.254. The average Bonchev–Trinajstić information content (AvgIpc) is 3.23. The van der Waals surface area contributed by atoms with Crippen LogP contribution in [0.1, 0.15) is 37.4 Å². The first-order valence-electron chi connectivity index (χ1n) is 6.88. The van der Waals surface area contributed by atoms with E-state index in [1.54, 1.807) is 6.20 Å². The van der Waals surface area contributed by atoms with E-state index < -0.39 is 0 Å². The molecule has 2 rings (SSSR count). The predicted octanol–water partition coefficient (Wildman–Crippen LogP) is 1.80. The molecule has 0 unspecified atom stereocenters. The van der Waals surface area contributed by atoms with E-state index in [1.165, 1.54) is 12.8 Å². The zero-order valence-corrected chi connectivity index (χ0v) is 11.4. The molecule has 1 aliphatic carbocycles. The molecule has 1 heterocycles. The van der Waals surface area contributed by atoms with Crippen molar-refractivity contribution in [2.75, 3.05) is 13.1 Å². The number of amidine groups is 1. The first kappa shape index (κ1) is 13.8. The Balaban J connectivity index is 2.10. The molecule has 0 atom stereocenters. The molecular formula is C14H22N4O. The number of oxime groups is 1. The van der Waals surface area contributed by atoms with Crippen LogP contribution in [-0.4, -0.2) is 34.0 Å². The second-order valence-electron chi connectivity index (χ2n) is 5.17. The minimum Gasteiger partial charge on any atom is -0.409 e. The van der Waals surface area contributed by atoms with Crippen LogP contribution in [0.2, 0.25) is 0 Å². The van der Waals surface area contributed by atoms with Gasteiger partial charge in [-0.25, -0.2) is 0 Å². The summed E-state index contributed by atoms with van der Waals surface area (Å²) in [7, 11) is 0. The zero-order valence-electron chi connectivity index (χ0n) is 11.4. The third-order valence-corrected chi connectivity index (χ3v) is 3.39. The second-order valence-corrected chi connectivity index (χ2v) is 5.17. The average molecular weight is 262 g/mol. The molecule has 0 aliphatic heterocycles. The molecule has 0 amide bonds. The first-order valence-corrected chi connectivity index (χ1v) is 6.88. The van der Waals surface area contributed by atoms with Crippen molar-refractivity contribution in [3.05, 3.63) is 29.6 Å². The second kappa shape index (κ2) is 6.52. The van der Waals surface area contributed by atoms with Crippen molar-refractivity contribution in [1.82, 2.24) is 9.88 Å². The Bertz CT molecular complexity index is 443. The predicted molar refractivity (Wildman–Crippen MR) is 75.0 cm³/mol. The molecule has 5 heteroatoms. The molecule has 0 aromatic carbocycles. The van der Waals surface area contributed by atoms with Gasteiger partial charge in [0.15, 0.2) is 5.84 Å². The molecule has 3 N–H and O–H groups in total. The van der Waals surface area contributed by atoms with Crippen molar-refractivity contribution in [3.8, 4) is 0 Å². The van der Waals surface area contributed by atoms with Gasteiger partial charge in [-0.2, -0.15) is 0 Å². The Labute approximate surface area is 114 Å². The quantitative estimate of drug-likeness (QED) is 0.340. The van der Waals surface area contributed by atoms with Crippen molar-refractivity contribution in [2.45, 2.75) is 32.7 Å². The van der Waals surface area contributed by atoms with E-state index in [9.17, 15) is 0 Å². The smallest absolute Gasteiger partial charge is 0.189 e. The lowest BCUT2D eigenvalue weighted by Crippen LogP contribution is -2.28. The van der Waals surface area contributed by atoms with E-state index in [0.717, 1.165) is 37.5 Å². The number of aromatic nitrogens is 1. The van der Waals surface area contributed by atoms with Gasteiger partial charge in [0, 0.05) is 19.3 Å². The van der Waals surface area contributed by atoms with E-state index in [1.807, 2.05) is 12.1 Å². The Kier molecular flexibility index (Phi) is 4.74. The summed E-state index contributed by atoms with van der Waals surface area (Å²) in [4.78, 5) is 6.65. The van der Waals surface area contributed by atoms with Crippen LogP contribution < -0.4 is 5.73 Å². The summed E-state index contributed by atoms with van der Waals surface area (Å²) in [5.74, 6) is 0.939. The minimum atomic E-state index is 0.0819. The normalized spacial score (nSPS) is 16.0. The summed E-state index contributed by atoms with van der Waals surface area (Å²) < 4.78 is 0. The van der Waals surface area contributed by atoms with Gasteiger partial charge in [0.2, 0.25) is 0 Å². The van der Waals surface area contributed by atoms with Gasteiger partial charge >= 0.3 is 0 Å².